The second-order valence-electron chi connectivity index (χ2n) is 13.3. The third-order valence-electron chi connectivity index (χ3n) is 9.84. The molecule has 4 atom stereocenters. The molecule has 3 aliphatic carbocycles. The van der Waals surface area contributed by atoms with Crippen LogP contribution in [0.5, 0.6) is 5.75 Å². The number of Topliss-reactive ketones (excluding diaryl/α,β-unsaturated/α-hetero) is 4. The number of phenolic OH excluding ortho intramolecular Hbond substituents is 1. The summed E-state index contributed by atoms with van der Waals surface area (Å²) in [6.45, 7) is 8.04. The Morgan fingerprint density at radius 3 is 2.36 bits per heavy atom. The Morgan fingerprint density at radius 2 is 1.75 bits per heavy atom. The molecule has 0 bridgehead atoms. The molecule has 0 saturated carbocycles. The minimum atomic E-state index is -2.66. The van der Waals surface area contributed by atoms with E-state index in [1.54, 1.807) is 39.8 Å². The van der Waals surface area contributed by atoms with Gasteiger partial charge >= 0.3 is 0 Å². The lowest BCUT2D eigenvalue weighted by molar-refractivity contribution is -0.171. The van der Waals surface area contributed by atoms with Crippen LogP contribution < -0.4 is 0 Å². The molecule has 9 nitrogen and oxygen atoms in total. The molecule has 5 rings (SSSR count). The van der Waals surface area contributed by atoms with Crippen molar-refractivity contribution >= 4 is 23.1 Å². The zero-order valence-corrected chi connectivity index (χ0v) is 25.8. The average molecular weight is 603 g/mol. The fraction of sp³-hybridized carbons (Fsp3) is 0.429. The molecule has 44 heavy (non-hydrogen) atoms. The van der Waals surface area contributed by atoms with E-state index in [2.05, 4.69) is 0 Å². The summed E-state index contributed by atoms with van der Waals surface area (Å²) in [5.74, 6) is -5.59. The predicted molar refractivity (Wildman–Crippen MR) is 161 cm³/mol. The van der Waals surface area contributed by atoms with Crippen molar-refractivity contribution < 1.29 is 44.3 Å². The lowest BCUT2D eigenvalue weighted by atomic mass is 9.44. The van der Waals surface area contributed by atoms with Gasteiger partial charge in [0.25, 0.3) is 0 Å². The molecule has 0 aromatic heterocycles. The molecular formula is C35H38O9. The van der Waals surface area contributed by atoms with Crippen LogP contribution in [0, 0.1) is 22.7 Å². The minimum absolute atomic E-state index is 0.00552. The Kier molecular flexibility index (Phi) is 7.50. The average Bonchev–Trinajstić information content (AvgIpc) is 2.90. The maximum absolute atomic E-state index is 14.3. The molecule has 0 aliphatic heterocycles. The molecule has 3 aliphatic rings. The summed E-state index contributed by atoms with van der Waals surface area (Å²) in [6, 6.07) is 10.4. The van der Waals surface area contributed by atoms with Crippen LogP contribution in [0.3, 0.4) is 0 Å². The Bertz CT molecular complexity index is 1700. The first-order valence-electron chi connectivity index (χ1n) is 14.7. The fourth-order valence-electron chi connectivity index (χ4n) is 8.29. The smallest absolute Gasteiger partial charge is 0.209 e. The summed E-state index contributed by atoms with van der Waals surface area (Å²) >= 11 is 0. The van der Waals surface area contributed by atoms with E-state index in [1.165, 1.54) is 13.2 Å². The van der Waals surface area contributed by atoms with Crippen LogP contribution in [-0.4, -0.2) is 62.9 Å². The highest BCUT2D eigenvalue weighted by atomic mass is 16.5. The molecule has 0 saturated heterocycles. The van der Waals surface area contributed by atoms with Gasteiger partial charge in [-0.25, -0.2) is 0 Å². The van der Waals surface area contributed by atoms with Gasteiger partial charge in [0.15, 0.2) is 23.0 Å². The van der Waals surface area contributed by atoms with E-state index in [-0.39, 0.29) is 54.5 Å². The number of hydrogen-bond acceptors (Lipinski definition) is 9. The van der Waals surface area contributed by atoms with Gasteiger partial charge in [0.2, 0.25) is 5.78 Å². The van der Waals surface area contributed by atoms with E-state index in [0.717, 1.165) is 18.1 Å². The van der Waals surface area contributed by atoms with Crippen molar-refractivity contribution in [3.8, 4) is 16.9 Å². The zero-order valence-electron chi connectivity index (χ0n) is 25.8. The molecule has 0 fully saturated rings. The summed E-state index contributed by atoms with van der Waals surface area (Å²) in [5.41, 5.74) is -3.49. The Labute approximate surface area is 255 Å². The van der Waals surface area contributed by atoms with E-state index in [9.17, 15) is 39.6 Å². The summed E-state index contributed by atoms with van der Waals surface area (Å²) in [7, 11) is 1.45. The van der Waals surface area contributed by atoms with Crippen molar-refractivity contribution in [1.29, 1.82) is 0 Å². The molecule has 0 spiro atoms. The topological polar surface area (TPSA) is 158 Å². The summed E-state index contributed by atoms with van der Waals surface area (Å²) in [5, 5.41) is 46.3. The number of hydrogen-bond donors (Lipinski definition) is 4. The number of phenols is 1. The highest BCUT2D eigenvalue weighted by Crippen LogP contribution is 2.65. The highest BCUT2D eigenvalue weighted by Gasteiger charge is 2.71. The van der Waals surface area contributed by atoms with Gasteiger partial charge in [-0.15, -0.1) is 0 Å². The SMILES string of the molecule is COCC(=O)Cc1cccc(-c2ccc(O)c3c2C[C@]2(C)C[C@]4(C)C(C(C)C)C(O)=C(C(C)=O)C(=O)[C@]4(O)C(O)=C2C3=O)c1. The maximum Gasteiger partial charge on any atom is 0.209 e. The molecule has 0 heterocycles. The first-order chi connectivity index (χ1) is 20.5. The fourth-order valence-corrected chi connectivity index (χ4v) is 8.29. The van der Waals surface area contributed by atoms with Crippen LogP contribution in [0.4, 0.5) is 0 Å². The second-order valence-corrected chi connectivity index (χ2v) is 13.3. The van der Waals surface area contributed by atoms with Crippen LogP contribution in [0.15, 0.2) is 59.1 Å². The molecule has 9 heteroatoms. The number of aliphatic hydroxyl groups is 3. The second kappa shape index (κ2) is 10.5. The number of carbonyl (C=O) groups is 4. The minimum Gasteiger partial charge on any atom is -0.511 e. The van der Waals surface area contributed by atoms with E-state index in [0.29, 0.717) is 11.1 Å². The molecule has 1 unspecified atom stereocenters. The molecule has 2 aromatic rings. The van der Waals surface area contributed by atoms with E-state index in [1.807, 2.05) is 18.2 Å². The molecule has 0 radical (unpaired) electrons. The monoisotopic (exact) mass is 602 g/mol. The number of allylic oxidation sites excluding steroid dienone is 2. The zero-order chi connectivity index (χ0) is 32.5. The van der Waals surface area contributed by atoms with Gasteiger partial charge in [0.05, 0.1) is 5.56 Å². The number of ketones is 4. The predicted octanol–water partition coefficient (Wildman–Crippen LogP) is 4.77. The van der Waals surface area contributed by atoms with Crippen molar-refractivity contribution in [1.82, 2.24) is 0 Å². The largest absolute Gasteiger partial charge is 0.511 e. The van der Waals surface area contributed by atoms with E-state index < -0.39 is 56.8 Å². The van der Waals surface area contributed by atoms with Crippen molar-refractivity contribution in [2.45, 2.75) is 59.5 Å². The summed E-state index contributed by atoms with van der Waals surface area (Å²) < 4.78 is 4.95. The van der Waals surface area contributed by atoms with Crippen LogP contribution in [0.25, 0.3) is 11.1 Å². The number of rotatable bonds is 7. The number of methoxy groups -OCH3 is 1. The number of ether oxygens (including phenoxy) is 1. The third kappa shape index (κ3) is 4.28. The molecule has 232 valence electrons. The number of aromatic hydroxyl groups is 1. The van der Waals surface area contributed by atoms with Gasteiger partial charge in [-0.2, -0.15) is 0 Å². The van der Waals surface area contributed by atoms with Gasteiger partial charge in [0, 0.05) is 35.9 Å². The Hall–Kier alpha value is -4.08. The normalized spacial score (nSPS) is 28.1. The summed E-state index contributed by atoms with van der Waals surface area (Å²) in [6.07, 6.45) is 0.310. The van der Waals surface area contributed by atoms with Crippen molar-refractivity contribution in [2.75, 3.05) is 13.7 Å². The Morgan fingerprint density at radius 1 is 1.07 bits per heavy atom. The van der Waals surface area contributed by atoms with Crippen LogP contribution in [0.2, 0.25) is 0 Å². The highest BCUT2D eigenvalue weighted by molar-refractivity contribution is 6.25. The first-order valence-corrected chi connectivity index (χ1v) is 14.7. The number of carbonyl (C=O) groups excluding carboxylic acids is 4. The van der Waals surface area contributed by atoms with Crippen molar-refractivity contribution in [2.24, 2.45) is 22.7 Å². The van der Waals surface area contributed by atoms with Gasteiger partial charge < -0.3 is 25.2 Å². The van der Waals surface area contributed by atoms with Crippen molar-refractivity contribution in [3.63, 3.8) is 0 Å². The van der Waals surface area contributed by atoms with Gasteiger partial charge in [-0.1, -0.05) is 58.0 Å². The first kappa shape index (κ1) is 31.3. The van der Waals surface area contributed by atoms with Crippen LogP contribution in [0.1, 0.15) is 62.5 Å². The van der Waals surface area contributed by atoms with E-state index in [4.69, 9.17) is 4.74 Å². The number of benzene rings is 2. The summed E-state index contributed by atoms with van der Waals surface area (Å²) in [4.78, 5) is 52.9. The lowest BCUT2D eigenvalue weighted by Crippen LogP contribution is -2.67. The maximum atomic E-state index is 14.3. The molecule has 2 aromatic carbocycles. The molecule has 0 amide bonds. The number of aliphatic hydroxyl groups excluding tert-OH is 2. The molecule has 4 N–H and O–H groups in total. The van der Waals surface area contributed by atoms with Crippen molar-refractivity contribution in [3.05, 3.63) is 75.8 Å². The van der Waals surface area contributed by atoms with Gasteiger partial charge in [0.1, 0.15) is 29.4 Å². The lowest BCUT2D eigenvalue weighted by Gasteiger charge is -2.59. The van der Waals surface area contributed by atoms with E-state index >= 15 is 0 Å². The van der Waals surface area contributed by atoms with Crippen LogP contribution >= 0.6 is 0 Å². The quantitative estimate of drug-likeness (QED) is 0.328. The Balaban J connectivity index is 1.73. The van der Waals surface area contributed by atoms with Gasteiger partial charge in [-0.05, 0) is 54.0 Å². The third-order valence-corrected chi connectivity index (χ3v) is 9.84. The van der Waals surface area contributed by atoms with Gasteiger partial charge in [-0.3, -0.25) is 19.2 Å². The number of fused-ring (bicyclic) bond motifs is 3. The molecular weight excluding hydrogens is 564 g/mol. The van der Waals surface area contributed by atoms with Crippen LogP contribution in [-0.2, 0) is 32.0 Å². The standard InChI is InChI=1S/C35H38O9/c1-17(2)27-29(39)25(18(3)36)31(41)35(43)32(42)28-30(40)26-23(14-33(28,4)16-34(27,35)5)22(10-11-24(26)38)20-9-7-8-19(12-20)13-21(37)15-44-6/h7-12,17,27,38-39,42-43H,13-16H2,1-6H3/t27?,33-,34-,35+/m1/s1.